The summed E-state index contributed by atoms with van der Waals surface area (Å²) < 4.78 is 34.7. The average Bonchev–Trinajstić information content (AvgIpc) is 2.63. The molecule has 1 N–H and O–H groups in total. The maximum Gasteiger partial charge on any atom is 0.387 e. The number of hydrogen-bond donors (Lipinski definition) is 1. The Labute approximate surface area is 166 Å². The van der Waals surface area contributed by atoms with Gasteiger partial charge in [-0.05, 0) is 23.6 Å². The molecule has 28 heavy (non-hydrogen) atoms. The molecular formula is C20H32F2N4O2. The summed E-state index contributed by atoms with van der Waals surface area (Å²) in [6, 6.07) is 6.64. The van der Waals surface area contributed by atoms with E-state index in [4.69, 9.17) is 4.74 Å². The van der Waals surface area contributed by atoms with E-state index < -0.39 is 6.61 Å². The Morgan fingerprint density at radius 2 is 2.07 bits per heavy atom. The lowest BCUT2D eigenvalue weighted by atomic mass is 10.2. The van der Waals surface area contributed by atoms with Gasteiger partial charge in [0.15, 0.2) is 5.96 Å². The summed E-state index contributed by atoms with van der Waals surface area (Å²) in [4.78, 5) is 8.76. The van der Waals surface area contributed by atoms with Gasteiger partial charge in [-0.25, -0.2) is 0 Å². The molecule has 1 aromatic rings. The molecule has 0 amide bonds. The first-order valence-electron chi connectivity index (χ1n) is 9.67. The van der Waals surface area contributed by atoms with Crippen molar-refractivity contribution in [3.05, 3.63) is 29.8 Å². The van der Waals surface area contributed by atoms with E-state index in [0.717, 1.165) is 37.8 Å². The van der Waals surface area contributed by atoms with Crippen LogP contribution in [0, 0.1) is 5.92 Å². The number of morpholine rings is 1. The number of alkyl halides is 2. The van der Waals surface area contributed by atoms with Gasteiger partial charge in [-0.1, -0.05) is 26.0 Å². The van der Waals surface area contributed by atoms with Crippen molar-refractivity contribution in [3.63, 3.8) is 0 Å². The van der Waals surface area contributed by atoms with Crippen LogP contribution in [0.15, 0.2) is 29.3 Å². The minimum absolute atomic E-state index is 0.128. The normalized spacial score (nSPS) is 18.6. The number of ether oxygens (including phenoxy) is 2. The van der Waals surface area contributed by atoms with E-state index >= 15 is 0 Å². The third-order valence-electron chi connectivity index (χ3n) is 4.48. The van der Waals surface area contributed by atoms with Crippen molar-refractivity contribution < 1.29 is 18.3 Å². The van der Waals surface area contributed by atoms with Crippen LogP contribution in [0.5, 0.6) is 5.75 Å². The van der Waals surface area contributed by atoms with Gasteiger partial charge in [-0.2, -0.15) is 8.78 Å². The number of hydrogen-bond acceptors (Lipinski definition) is 4. The van der Waals surface area contributed by atoms with Crippen LogP contribution in [0.1, 0.15) is 19.4 Å². The first-order valence-corrected chi connectivity index (χ1v) is 9.67. The zero-order chi connectivity index (χ0) is 20.5. The lowest BCUT2D eigenvalue weighted by Gasteiger charge is -2.34. The topological polar surface area (TPSA) is 49.3 Å². The van der Waals surface area contributed by atoms with Gasteiger partial charge < -0.3 is 19.7 Å². The zero-order valence-corrected chi connectivity index (χ0v) is 17.2. The Bertz CT molecular complexity index is 611. The second kappa shape index (κ2) is 11.2. The van der Waals surface area contributed by atoms with Gasteiger partial charge in [-0.3, -0.25) is 9.89 Å². The molecule has 0 aromatic heterocycles. The average molecular weight is 398 g/mol. The molecule has 0 saturated carbocycles. The number of benzene rings is 1. The predicted molar refractivity (Wildman–Crippen MR) is 107 cm³/mol. The van der Waals surface area contributed by atoms with Crippen molar-refractivity contribution >= 4 is 5.96 Å². The van der Waals surface area contributed by atoms with Crippen molar-refractivity contribution in [2.24, 2.45) is 10.9 Å². The monoisotopic (exact) mass is 398 g/mol. The number of nitrogens with zero attached hydrogens (tertiary/aromatic N) is 3. The van der Waals surface area contributed by atoms with Gasteiger partial charge in [0.2, 0.25) is 0 Å². The Kier molecular flexibility index (Phi) is 8.92. The molecule has 1 aromatic carbocycles. The maximum absolute atomic E-state index is 12.2. The minimum atomic E-state index is -2.81. The third kappa shape index (κ3) is 7.59. The largest absolute Gasteiger partial charge is 0.435 e. The van der Waals surface area contributed by atoms with E-state index in [-0.39, 0.29) is 11.9 Å². The van der Waals surface area contributed by atoms with Crippen molar-refractivity contribution in [3.8, 4) is 5.75 Å². The Hall–Kier alpha value is -1.93. The quantitative estimate of drug-likeness (QED) is 0.539. The van der Waals surface area contributed by atoms with E-state index in [2.05, 4.69) is 33.8 Å². The number of nitrogens with one attached hydrogen (secondary N) is 1. The molecule has 0 spiro atoms. The molecular weight excluding hydrogens is 366 g/mol. The van der Waals surface area contributed by atoms with Gasteiger partial charge in [0, 0.05) is 46.8 Å². The number of halogens is 2. The molecule has 8 heteroatoms. The lowest BCUT2D eigenvalue weighted by molar-refractivity contribution is -0.0498. The van der Waals surface area contributed by atoms with Crippen LogP contribution in [0.3, 0.4) is 0 Å². The molecule has 1 unspecified atom stereocenters. The minimum Gasteiger partial charge on any atom is -0.435 e. The maximum atomic E-state index is 12.2. The molecule has 1 heterocycles. The van der Waals surface area contributed by atoms with Gasteiger partial charge >= 0.3 is 6.61 Å². The molecule has 1 atom stereocenters. The number of rotatable bonds is 8. The van der Waals surface area contributed by atoms with Crippen LogP contribution in [-0.2, 0) is 11.3 Å². The van der Waals surface area contributed by atoms with E-state index in [1.165, 1.54) is 0 Å². The molecule has 158 valence electrons. The summed E-state index contributed by atoms with van der Waals surface area (Å²) in [5.41, 5.74) is 0.976. The summed E-state index contributed by atoms with van der Waals surface area (Å²) in [7, 11) is 3.68. The highest BCUT2D eigenvalue weighted by atomic mass is 19.3. The summed E-state index contributed by atoms with van der Waals surface area (Å²) in [5, 5.41) is 3.37. The summed E-state index contributed by atoms with van der Waals surface area (Å²) in [5.74, 6) is 1.56. The van der Waals surface area contributed by atoms with Gasteiger partial charge in [-0.15, -0.1) is 0 Å². The van der Waals surface area contributed by atoms with E-state index in [1.807, 2.05) is 11.9 Å². The highest BCUT2D eigenvalue weighted by molar-refractivity contribution is 5.79. The Morgan fingerprint density at radius 3 is 2.68 bits per heavy atom. The molecule has 6 nitrogen and oxygen atoms in total. The van der Waals surface area contributed by atoms with Gasteiger partial charge in [0.1, 0.15) is 5.75 Å². The van der Waals surface area contributed by atoms with Gasteiger partial charge in [0.25, 0.3) is 0 Å². The van der Waals surface area contributed by atoms with E-state index in [0.29, 0.717) is 19.0 Å². The fourth-order valence-corrected chi connectivity index (χ4v) is 3.30. The fourth-order valence-electron chi connectivity index (χ4n) is 3.30. The highest BCUT2D eigenvalue weighted by Crippen LogP contribution is 2.16. The molecule has 1 fully saturated rings. The molecule has 1 saturated heterocycles. The first kappa shape index (κ1) is 22.4. The highest BCUT2D eigenvalue weighted by Gasteiger charge is 2.21. The first-order chi connectivity index (χ1) is 13.4. The summed E-state index contributed by atoms with van der Waals surface area (Å²) >= 11 is 0. The van der Waals surface area contributed by atoms with Crippen molar-refractivity contribution in [2.45, 2.75) is 33.1 Å². The Morgan fingerprint density at radius 1 is 1.36 bits per heavy atom. The molecule has 0 aliphatic carbocycles. The van der Waals surface area contributed by atoms with Crippen LogP contribution >= 0.6 is 0 Å². The van der Waals surface area contributed by atoms with Crippen LogP contribution < -0.4 is 10.1 Å². The second-order valence-electron chi connectivity index (χ2n) is 7.45. The van der Waals surface area contributed by atoms with Crippen LogP contribution in [0.2, 0.25) is 0 Å². The van der Waals surface area contributed by atoms with Crippen LogP contribution in [0.25, 0.3) is 0 Å². The summed E-state index contributed by atoms with van der Waals surface area (Å²) in [6.07, 6.45) is 0.128. The van der Waals surface area contributed by atoms with Crippen LogP contribution in [0.4, 0.5) is 8.78 Å². The fraction of sp³-hybridized carbons (Fsp3) is 0.650. The van der Waals surface area contributed by atoms with Crippen molar-refractivity contribution in [2.75, 3.05) is 46.9 Å². The number of guanidine groups is 1. The molecule has 0 bridgehead atoms. The van der Waals surface area contributed by atoms with Crippen molar-refractivity contribution in [1.29, 1.82) is 0 Å². The molecule has 1 aliphatic heterocycles. The predicted octanol–water partition coefficient (Wildman–Crippen LogP) is 2.65. The van der Waals surface area contributed by atoms with Crippen LogP contribution in [-0.4, -0.2) is 75.4 Å². The molecule has 0 radical (unpaired) electrons. The summed E-state index contributed by atoms with van der Waals surface area (Å²) in [6.45, 7) is 6.66. The smallest absolute Gasteiger partial charge is 0.387 e. The SMILES string of the molecule is CN=C(NCC1CN(CC(C)C)CCO1)N(C)Cc1ccc(OC(F)F)cc1. The van der Waals surface area contributed by atoms with E-state index in [9.17, 15) is 8.78 Å². The van der Waals surface area contributed by atoms with Gasteiger partial charge in [0.05, 0.1) is 12.7 Å². The lowest BCUT2D eigenvalue weighted by Crippen LogP contribution is -2.50. The molecule has 1 aliphatic rings. The molecule has 2 rings (SSSR count). The Balaban J connectivity index is 1.82. The van der Waals surface area contributed by atoms with Crippen molar-refractivity contribution in [1.82, 2.24) is 15.1 Å². The standard InChI is InChI=1S/C20H32F2N4O2/c1-15(2)12-26-9-10-27-18(14-26)11-24-20(23-3)25(4)13-16-5-7-17(8-6-16)28-19(21)22/h5-8,15,18-19H,9-14H2,1-4H3,(H,23,24). The zero-order valence-electron chi connectivity index (χ0n) is 17.2. The number of aliphatic imine (C=N–C) groups is 1. The second-order valence-corrected chi connectivity index (χ2v) is 7.45. The third-order valence-corrected chi connectivity index (χ3v) is 4.48. The van der Waals surface area contributed by atoms with E-state index in [1.54, 1.807) is 31.3 Å².